The molecule has 26 heavy (non-hydrogen) atoms. The predicted octanol–water partition coefficient (Wildman–Crippen LogP) is 3.15. The first-order valence-electron chi connectivity index (χ1n) is 8.13. The minimum Gasteiger partial charge on any atom is -0.490 e. The molecule has 2 aromatic rings. The molecule has 1 fully saturated rings. The molecule has 4 rings (SSSR count). The first-order chi connectivity index (χ1) is 12.3. The van der Waals surface area contributed by atoms with Gasteiger partial charge in [0.1, 0.15) is 29.8 Å². The quantitative estimate of drug-likeness (QED) is 0.846. The highest BCUT2D eigenvalue weighted by molar-refractivity contribution is 5.71. The normalized spacial score (nSPS) is 19.0. The Bertz CT molecular complexity index is 832. The number of halogens is 4. The van der Waals surface area contributed by atoms with Crippen LogP contribution in [0.4, 0.5) is 17.6 Å². The van der Waals surface area contributed by atoms with Crippen LogP contribution in [-0.4, -0.2) is 37.5 Å². The molecule has 2 N–H and O–H groups in total. The molecule has 2 aliphatic rings. The van der Waals surface area contributed by atoms with E-state index in [1.165, 1.54) is 30.3 Å². The lowest BCUT2D eigenvalue weighted by molar-refractivity contribution is -0.148. The van der Waals surface area contributed by atoms with Crippen molar-refractivity contribution in [1.29, 1.82) is 0 Å². The van der Waals surface area contributed by atoms with Crippen LogP contribution in [0.5, 0.6) is 5.75 Å². The molecule has 2 aliphatic heterocycles. The average Bonchev–Trinajstić information content (AvgIpc) is 2.94. The Morgan fingerprint density at radius 2 is 1.85 bits per heavy atom. The van der Waals surface area contributed by atoms with Crippen LogP contribution in [0.25, 0.3) is 11.3 Å². The first-order valence-corrected chi connectivity index (χ1v) is 8.13. The number of fused-ring (bicyclic) bond motifs is 2. The number of nitrogens with zero attached hydrogens (tertiary/aromatic N) is 1. The summed E-state index contributed by atoms with van der Waals surface area (Å²) >= 11 is 0. The second-order valence-electron chi connectivity index (χ2n) is 6.67. The van der Waals surface area contributed by atoms with E-state index in [9.17, 15) is 17.6 Å². The molecule has 8 heteroatoms. The van der Waals surface area contributed by atoms with Crippen molar-refractivity contribution in [2.75, 3.05) is 26.4 Å². The highest BCUT2D eigenvalue weighted by atomic mass is 19.4. The van der Waals surface area contributed by atoms with Crippen LogP contribution in [0.1, 0.15) is 17.2 Å². The van der Waals surface area contributed by atoms with Crippen molar-refractivity contribution in [3.8, 4) is 17.0 Å². The zero-order valence-electron chi connectivity index (χ0n) is 13.6. The molecular weight excluding hydrogens is 352 g/mol. The lowest BCUT2D eigenvalue weighted by Crippen LogP contribution is -2.48. The minimum absolute atomic E-state index is 0.158. The number of hydrogen-bond donors (Lipinski definition) is 1. The number of rotatable bonds is 3. The molecule has 1 unspecified atom stereocenters. The van der Waals surface area contributed by atoms with Crippen LogP contribution in [0, 0.1) is 5.82 Å². The number of alkyl halides is 3. The van der Waals surface area contributed by atoms with E-state index < -0.39 is 29.9 Å². The van der Waals surface area contributed by atoms with Crippen LogP contribution >= 0.6 is 0 Å². The van der Waals surface area contributed by atoms with E-state index >= 15 is 0 Å². The SMILES string of the molecule is NCC(c1cc2c(c(-c3ccc(F)cc3)n1)OCC21COC1)C(F)(F)F. The van der Waals surface area contributed by atoms with Crippen molar-refractivity contribution in [2.45, 2.75) is 17.5 Å². The third kappa shape index (κ3) is 2.64. The fourth-order valence-electron chi connectivity index (χ4n) is 3.37. The molecule has 1 atom stereocenters. The van der Waals surface area contributed by atoms with Crippen molar-refractivity contribution in [2.24, 2.45) is 5.73 Å². The Kier molecular flexibility index (Phi) is 3.92. The maximum Gasteiger partial charge on any atom is 0.398 e. The van der Waals surface area contributed by atoms with Gasteiger partial charge in [-0.2, -0.15) is 13.2 Å². The topological polar surface area (TPSA) is 57.4 Å². The predicted molar refractivity (Wildman–Crippen MR) is 85.5 cm³/mol. The molecule has 0 aliphatic carbocycles. The van der Waals surface area contributed by atoms with Gasteiger partial charge in [0.25, 0.3) is 0 Å². The molecule has 0 amide bonds. The number of pyridine rings is 1. The fraction of sp³-hybridized carbons (Fsp3) is 0.389. The second kappa shape index (κ2) is 5.92. The van der Waals surface area contributed by atoms with Crippen LogP contribution in [0.3, 0.4) is 0 Å². The molecule has 1 aromatic carbocycles. The van der Waals surface area contributed by atoms with Gasteiger partial charge in [-0.25, -0.2) is 9.37 Å². The highest BCUT2D eigenvalue weighted by Crippen LogP contribution is 2.49. The van der Waals surface area contributed by atoms with Crippen molar-refractivity contribution < 1.29 is 27.0 Å². The standard InChI is InChI=1S/C18H16F4N2O2/c19-11-3-1-10(2-4-11)15-16-12(17(9-26-16)7-25-8-17)5-14(24-15)13(6-23)18(20,21)22/h1-5,13H,6-9,23H2. The summed E-state index contributed by atoms with van der Waals surface area (Å²) in [4.78, 5) is 4.22. The van der Waals surface area contributed by atoms with Gasteiger partial charge in [-0.15, -0.1) is 0 Å². The number of hydrogen-bond acceptors (Lipinski definition) is 4. The Balaban J connectivity index is 1.91. The summed E-state index contributed by atoms with van der Waals surface area (Å²) in [6, 6.07) is 6.84. The van der Waals surface area contributed by atoms with E-state index in [1.807, 2.05) is 0 Å². The van der Waals surface area contributed by atoms with Crippen molar-refractivity contribution in [1.82, 2.24) is 4.98 Å². The summed E-state index contributed by atoms with van der Waals surface area (Å²) in [5.41, 5.74) is 6.19. The molecule has 0 saturated carbocycles. The van der Waals surface area contributed by atoms with Crippen LogP contribution < -0.4 is 10.5 Å². The summed E-state index contributed by atoms with van der Waals surface area (Å²) in [6.07, 6.45) is -4.52. The van der Waals surface area contributed by atoms with Crippen molar-refractivity contribution in [3.05, 3.63) is 47.4 Å². The maximum absolute atomic E-state index is 13.4. The largest absolute Gasteiger partial charge is 0.490 e. The lowest BCUT2D eigenvalue weighted by Gasteiger charge is -2.36. The smallest absolute Gasteiger partial charge is 0.398 e. The van der Waals surface area contributed by atoms with Gasteiger partial charge >= 0.3 is 6.18 Å². The lowest BCUT2D eigenvalue weighted by atomic mass is 9.79. The van der Waals surface area contributed by atoms with Crippen LogP contribution in [-0.2, 0) is 10.2 Å². The summed E-state index contributed by atoms with van der Waals surface area (Å²) in [5.74, 6) is -1.89. The summed E-state index contributed by atoms with van der Waals surface area (Å²) in [5, 5.41) is 0. The zero-order valence-corrected chi connectivity index (χ0v) is 13.6. The third-order valence-electron chi connectivity index (χ3n) is 4.92. The van der Waals surface area contributed by atoms with Gasteiger partial charge in [-0.1, -0.05) is 0 Å². The zero-order chi connectivity index (χ0) is 18.5. The summed E-state index contributed by atoms with van der Waals surface area (Å²) < 4.78 is 64.5. The van der Waals surface area contributed by atoms with Crippen molar-refractivity contribution in [3.63, 3.8) is 0 Å². The number of aromatic nitrogens is 1. The molecule has 1 aromatic heterocycles. The maximum atomic E-state index is 13.4. The molecule has 138 valence electrons. The van der Waals surface area contributed by atoms with Crippen molar-refractivity contribution >= 4 is 0 Å². The fourth-order valence-corrected chi connectivity index (χ4v) is 3.37. The Morgan fingerprint density at radius 1 is 1.15 bits per heavy atom. The van der Waals surface area contributed by atoms with E-state index in [-0.39, 0.29) is 11.4 Å². The van der Waals surface area contributed by atoms with Gasteiger partial charge in [0.2, 0.25) is 0 Å². The van der Waals surface area contributed by atoms with Gasteiger partial charge in [-0.05, 0) is 30.3 Å². The molecule has 0 radical (unpaired) electrons. The molecule has 4 nitrogen and oxygen atoms in total. The average molecular weight is 368 g/mol. The number of ether oxygens (including phenoxy) is 2. The second-order valence-corrected chi connectivity index (χ2v) is 6.67. The molecule has 1 spiro atoms. The monoisotopic (exact) mass is 368 g/mol. The highest BCUT2D eigenvalue weighted by Gasteiger charge is 2.50. The van der Waals surface area contributed by atoms with E-state index in [1.54, 1.807) is 0 Å². The molecular formula is C18H16F4N2O2. The van der Waals surface area contributed by atoms with E-state index in [4.69, 9.17) is 15.2 Å². The van der Waals surface area contributed by atoms with E-state index in [0.29, 0.717) is 36.7 Å². The molecule has 3 heterocycles. The van der Waals surface area contributed by atoms with Crippen LogP contribution in [0.2, 0.25) is 0 Å². The number of nitrogens with two attached hydrogens (primary N) is 1. The van der Waals surface area contributed by atoms with E-state index in [2.05, 4.69) is 4.98 Å². The Hall–Kier alpha value is -2.19. The Morgan fingerprint density at radius 3 is 2.38 bits per heavy atom. The Labute approximate surface area is 146 Å². The van der Waals surface area contributed by atoms with Gasteiger partial charge < -0.3 is 15.2 Å². The molecule has 0 bridgehead atoms. The third-order valence-corrected chi connectivity index (χ3v) is 4.92. The summed E-state index contributed by atoms with van der Waals surface area (Å²) in [7, 11) is 0. The summed E-state index contributed by atoms with van der Waals surface area (Å²) in [6.45, 7) is 0.473. The minimum atomic E-state index is -4.52. The van der Waals surface area contributed by atoms with Gasteiger partial charge in [0.05, 0.1) is 24.3 Å². The van der Waals surface area contributed by atoms with Gasteiger partial charge in [-0.3, -0.25) is 0 Å². The molecule has 1 saturated heterocycles. The van der Waals surface area contributed by atoms with Gasteiger partial charge in [0, 0.05) is 17.7 Å². The number of benzene rings is 1. The van der Waals surface area contributed by atoms with Crippen LogP contribution in [0.15, 0.2) is 30.3 Å². The van der Waals surface area contributed by atoms with Gasteiger partial charge in [0.15, 0.2) is 0 Å². The first kappa shape index (κ1) is 17.2. The van der Waals surface area contributed by atoms with E-state index in [0.717, 1.165) is 0 Å².